The third-order valence-electron chi connectivity index (χ3n) is 3.17. The topological polar surface area (TPSA) is 20.2 Å². The van der Waals surface area contributed by atoms with Crippen LogP contribution in [0, 0.1) is 20.8 Å². The number of aliphatic hydroxyl groups excluding tert-OH is 1. The van der Waals surface area contributed by atoms with Gasteiger partial charge in [0.15, 0.2) is 0 Å². The summed E-state index contributed by atoms with van der Waals surface area (Å²) in [5, 5.41) is 10.0. The Labute approximate surface area is 110 Å². The molecule has 0 saturated carbocycles. The number of aliphatic hydroxyl groups is 1. The minimum atomic E-state index is -0.192. The smallest absolute Gasteiger partial charge is 0.0581 e. The molecule has 96 valence electrons. The molecule has 0 fully saturated rings. The van der Waals surface area contributed by atoms with E-state index in [1.807, 2.05) is 11.8 Å². The molecule has 0 heterocycles. The highest BCUT2D eigenvalue weighted by Crippen LogP contribution is 2.19. The van der Waals surface area contributed by atoms with Crippen LogP contribution in [0.4, 0.5) is 0 Å². The first-order valence-electron chi connectivity index (χ1n) is 6.28. The summed E-state index contributed by atoms with van der Waals surface area (Å²) in [5.74, 6) is 1.14. The molecule has 1 N–H and O–H groups in total. The van der Waals surface area contributed by atoms with Gasteiger partial charge in [0, 0.05) is 0 Å². The fraction of sp³-hybridized carbons (Fsp3) is 0.600. The summed E-state index contributed by atoms with van der Waals surface area (Å²) in [6.45, 7) is 6.41. The average Bonchev–Trinajstić information content (AvgIpc) is 2.24. The van der Waals surface area contributed by atoms with E-state index in [1.54, 1.807) is 0 Å². The van der Waals surface area contributed by atoms with Crippen LogP contribution in [0.5, 0.6) is 0 Å². The molecular weight excluding hydrogens is 228 g/mol. The number of thioether (sulfide) groups is 1. The Balaban J connectivity index is 2.61. The van der Waals surface area contributed by atoms with Crippen molar-refractivity contribution in [2.24, 2.45) is 0 Å². The Kier molecular flexibility index (Phi) is 6.07. The van der Waals surface area contributed by atoms with E-state index in [1.165, 1.54) is 22.3 Å². The Hall–Kier alpha value is -0.470. The maximum Gasteiger partial charge on any atom is 0.0581 e. The molecule has 1 atom stereocenters. The second kappa shape index (κ2) is 7.07. The van der Waals surface area contributed by atoms with Crippen LogP contribution < -0.4 is 0 Å². The highest BCUT2D eigenvalue weighted by atomic mass is 32.2. The summed E-state index contributed by atoms with van der Waals surface area (Å²) in [7, 11) is 0. The van der Waals surface area contributed by atoms with Gasteiger partial charge in [-0.15, -0.1) is 0 Å². The van der Waals surface area contributed by atoms with Gasteiger partial charge in [0.2, 0.25) is 0 Å². The fourth-order valence-electron chi connectivity index (χ4n) is 2.33. The van der Waals surface area contributed by atoms with Crippen LogP contribution in [0.15, 0.2) is 12.1 Å². The summed E-state index contributed by atoms with van der Waals surface area (Å²) >= 11 is 1.85. The maximum atomic E-state index is 10.0. The zero-order chi connectivity index (χ0) is 12.8. The monoisotopic (exact) mass is 252 g/mol. The zero-order valence-corrected chi connectivity index (χ0v) is 12.2. The zero-order valence-electron chi connectivity index (χ0n) is 11.4. The first-order chi connectivity index (χ1) is 8.04. The van der Waals surface area contributed by atoms with Crippen molar-refractivity contribution in [1.82, 2.24) is 0 Å². The van der Waals surface area contributed by atoms with Crippen molar-refractivity contribution in [2.75, 3.05) is 12.0 Å². The van der Waals surface area contributed by atoms with Crippen LogP contribution in [0.3, 0.4) is 0 Å². The van der Waals surface area contributed by atoms with Crippen molar-refractivity contribution in [3.63, 3.8) is 0 Å². The Morgan fingerprint density at radius 2 is 1.76 bits per heavy atom. The third-order valence-corrected chi connectivity index (χ3v) is 3.86. The lowest BCUT2D eigenvalue weighted by atomic mass is 9.94. The molecule has 1 rings (SSSR count). The number of benzene rings is 1. The molecule has 1 aromatic carbocycles. The standard InChI is InChI=1S/C15H24OS/c1-11-8-12(2)15(13(3)9-11)10-14(16)6-5-7-17-4/h8-9,14,16H,5-7,10H2,1-4H3. The molecule has 0 radical (unpaired) electrons. The maximum absolute atomic E-state index is 10.0. The molecule has 1 nitrogen and oxygen atoms in total. The summed E-state index contributed by atoms with van der Waals surface area (Å²) in [6, 6.07) is 4.41. The highest BCUT2D eigenvalue weighted by Gasteiger charge is 2.10. The van der Waals surface area contributed by atoms with E-state index in [9.17, 15) is 5.11 Å². The Morgan fingerprint density at radius 1 is 1.18 bits per heavy atom. The normalized spacial score (nSPS) is 12.8. The predicted octanol–water partition coefficient (Wildman–Crippen LogP) is 3.66. The Morgan fingerprint density at radius 3 is 2.29 bits per heavy atom. The van der Waals surface area contributed by atoms with E-state index in [0.29, 0.717) is 0 Å². The van der Waals surface area contributed by atoms with Gasteiger partial charge in [0.25, 0.3) is 0 Å². The number of hydrogen-bond donors (Lipinski definition) is 1. The third kappa shape index (κ3) is 4.72. The first-order valence-corrected chi connectivity index (χ1v) is 7.67. The minimum Gasteiger partial charge on any atom is -0.393 e. The van der Waals surface area contributed by atoms with Crippen LogP contribution in [-0.4, -0.2) is 23.2 Å². The second-order valence-corrected chi connectivity index (χ2v) is 5.86. The van der Waals surface area contributed by atoms with Gasteiger partial charge in [-0.3, -0.25) is 0 Å². The molecular formula is C15H24OS. The summed E-state index contributed by atoms with van der Waals surface area (Å²) in [4.78, 5) is 0. The van der Waals surface area contributed by atoms with E-state index >= 15 is 0 Å². The number of rotatable bonds is 6. The van der Waals surface area contributed by atoms with Crippen molar-refractivity contribution < 1.29 is 5.11 Å². The lowest BCUT2D eigenvalue weighted by molar-refractivity contribution is 0.164. The van der Waals surface area contributed by atoms with Crippen molar-refractivity contribution in [3.8, 4) is 0 Å². The lowest BCUT2D eigenvalue weighted by Crippen LogP contribution is -2.12. The highest BCUT2D eigenvalue weighted by molar-refractivity contribution is 7.98. The van der Waals surface area contributed by atoms with Gasteiger partial charge in [0.1, 0.15) is 0 Å². The molecule has 17 heavy (non-hydrogen) atoms. The van der Waals surface area contributed by atoms with Gasteiger partial charge in [-0.1, -0.05) is 17.7 Å². The van der Waals surface area contributed by atoms with E-state index < -0.39 is 0 Å². The molecule has 0 aromatic heterocycles. The summed E-state index contributed by atoms with van der Waals surface area (Å²) in [5.41, 5.74) is 5.26. The summed E-state index contributed by atoms with van der Waals surface area (Å²) in [6.07, 6.45) is 4.73. The minimum absolute atomic E-state index is 0.192. The number of aryl methyl sites for hydroxylation is 3. The molecule has 0 aliphatic carbocycles. The fourth-order valence-corrected chi connectivity index (χ4v) is 2.79. The van der Waals surface area contributed by atoms with Gasteiger partial charge in [-0.25, -0.2) is 0 Å². The SMILES string of the molecule is CSCCCC(O)Cc1c(C)cc(C)cc1C. The second-order valence-electron chi connectivity index (χ2n) is 4.87. The Bertz CT molecular complexity index is 337. The quantitative estimate of drug-likeness (QED) is 0.780. The molecule has 0 aliphatic heterocycles. The van der Waals surface area contributed by atoms with E-state index in [4.69, 9.17) is 0 Å². The van der Waals surface area contributed by atoms with Crippen LogP contribution in [-0.2, 0) is 6.42 Å². The molecule has 2 heteroatoms. The molecule has 1 unspecified atom stereocenters. The van der Waals surface area contributed by atoms with Gasteiger partial charge in [-0.05, 0) is 68.7 Å². The van der Waals surface area contributed by atoms with Gasteiger partial charge in [0.05, 0.1) is 6.10 Å². The van der Waals surface area contributed by atoms with Crippen LogP contribution in [0.25, 0.3) is 0 Å². The van der Waals surface area contributed by atoms with Crippen LogP contribution >= 0.6 is 11.8 Å². The molecule has 0 aliphatic rings. The first kappa shape index (κ1) is 14.6. The van der Waals surface area contributed by atoms with Crippen molar-refractivity contribution >= 4 is 11.8 Å². The van der Waals surface area contributed by atoms with Crippen molar-refractivity contribution in [3.05, 3.63) is 34.4 Å². The van der Waals surface area contributed by atoms with E-state index in [0.717, 1.165) is 25.0 Å². The molecule has 0 saturated heterocycles. The van der Waals surface area contributed by atoms with Crippen LogP contribution in [0.2, 0.25) is 0 Å². The molecule has 1 aromatic rings. The largest absolute Gasteiger partial charge is 0.393 e. The summed E-state index contributed by atoms with van der Waals surface area (Å²) < 4.78 is 0. The van der Waals surface area contributed by atoms with Crippen LogP contribution in [0.1, 0.15) is 35.1 Å². The van der Waals surface area contributed by atoms with Gasteiger partial charge < -0.3 is 5.11 Å². The van der Waals surface area contributed by atoms with Crippen molar-refractivity contribution in [2.45, 2.75) is 46.1 Å². The lowest BCUT2D eigenvalue weighted by Gasteiger charge is -2.15. The molecule has 0 amide bonds. The predicted molar refractivity (Wildman–Crippen MR) is 78.0 cm³/mol. The molecule has 0 spiro atoms. The number of hydrogen-bond acceptors (Lipinski definition) is 2. The van der Waals surface area contributed by atoms with Crippen molar-refractivity contribution in [1.29, 1.82) is 0 Å². The van der Waals surface area contributed by atoms with E-state index in [2.05, 4.69) is 39.2 Å². The van der Waals surface area contributed by atoms with Gasteiger partial charge >= 0.3 is 0 Å². The van der Waals surface area contributed by atoms with E-state index in [-0.39, 0.29) is 6.10 Å². The molecule has 0 bridgehead atoms. The van der Waals surface area contributed by atoms with Gasteiger partial charge in [-0.2, -0.15) is 11.8 Å². The average molecular weight is 252 g/mol.